The zero-order chi connectivity index (χ0) is 21.1. The van der Waals surface area contributed by atoms with E-state index in [1.165, 1.54) is 12.1 Å². The van der Waals surface area contributed by atoms with Crippen molar-refractivity contribution in [3.05, 3.63) is 66.1 Å². The molecule has 1 aromatic heterocycles. The minimum Gasteiger partial charge on any atom is -0.484 e. The maximum atomic E-state index is 12.8. The number of nitrogens with zero attached hydrogens (tertiary/aromatic N) is 2. The number of carbonyl (C=O) groups is 1. The molecule has 0 atom stereocenters. The molecule has 5 nitrogen and oxygen atoms in total. The van der Waals surface area contributed by atoms with E-state index in [9.17, 15) is 18.0 Å². The van der Waals surface area contributed by atoms with Crippen LogP contribution in [0.25, 0.3) is 11.3 Å². The molecular formula is C22H20F3N3O2. The third-order valence-electron chi connectivity index (χ3n) is 4.92. The first-order valence-corrected chi connectivity index (χ1v) is 9.65. The summed E-state index contributed by atoms with van der Waals surface area (Å²) in [7, 11) is 0. The summed E-state index contributed by atoms with van der Waals surface area (Å²) in [4.78, 5) is 17.1. The third-order valence-corrected chi connectivity index (χ3v) is 4.92. The van der Waals surface area contributed by atoms with Gasteiger partial charge in [-0.05, 0) is 37.1 Å². The van der Waals surface area contributed by atoms with Crippen LogP contribution in [0.3, 0.4) is 0 Å². The zero-order valence-electron chi connectivity index (χ0n) is 16.1. The molecule has 0 unspecified atom stereocenters. The van der Waals surface area contributed by atoms with E-state index in [1.807, 2.05) is 18.3 Å². The van der Waals surface area contributed by atoms with E-state index < -0.39 is 24.3 Å². The molecule has 156 valence electrons. The Morgan fingerprint density at radius 2 is 1.97 bits per heavy atom. The molecule has 2 aromatic carbocycles. The number of aryl methyl sites for hydroxylation is 2. The molecule has 0 saturated carbocycles. The van der Waals surface area contributed by atoms with Crippen LogP contribution in [0.2, 0.25) is 0 Å². The second-order valence-electron chi connectivity index (χ2n) is 7.10. The number of ether oxygens (including phenoxy) is 1. The van der Waals surface area contributed by atoms with E-state index in [0.29, 0.717) is 5.69 Å². The molecule has 8 heteroatoms. The lowest BCUT2D eigenvalue weighted by atomic mass is 10.1. The molecule has 1 amide bonds. The number of benzene rings is 2. The lowest BCUT2D eigenvalue weighted by Gasteiger charge is -2.12. The second-order valence-corrected chi connectivity index (χ2v) is 7.10. The fourth-order valence-electron chi connectivity index (χ4n) is 3.46. The van der Waals surface area contributed by atoms with Crippen molar-refractivity contribution >= 4 is 11.6 Å². The Balaban J connectivity index is 1.45. The molecule has 0 saturated heterocycles. The standard InChI is InChI=1S/C22H20F3N3O2/c23-22(24,25)15-6-5-7-16(12-15)30-14-21(29)27-18-9-2-1-8-17(18)19-13-28-11-4-3-10-20(28)26-19/h1-2,5-9,12-13H,3-4,10-11,14H2,(H,27,29). The number of amides is 1. The number of anilines is 1. The highest BCUT2D eigenvalue weighted by atomic mass is 19.4. The average molecular weight is 415 g/mol. The van der Waals surface area contributed by atoms with Crippen molar-refractivity contribution in [3.8, 4) is 17.0 Å². The Hall–Kier alpha value is -3.29. The third kappa shape index (κ3) is 4.48. The summed E-state index contributed by atoms with van der Waals surface area (Å²) in [5.41, 5.74) is 1.31. The van der Waals surface area contributed by atoms with Gasteiger partial charge in [-0.25, -0.2) is 4.98 Å². The fourth-order valence-corrected chi connectivity index (χ4v) is 3.46. The number of hydrogen-bond donors (Lipinski definition) is 1. The SMILES string of the molecule is O=C(COc1cccc(C(F)(F)F)c1)Nc1ccccc1-c1cn2c(n1)CCCC2. The Bertz CT molecular complexity index is 1040. The van der Waals surface area contributed by atoms with Crippen molar-refractivity contribution in [1.29, 1.82) is 0 Å². The van der Waals surface area contributed by atoms with Crippen LogP contribution in [0.4, 0.5) is 18.9 Å². The van der Waals surface area contributed by atoms with Gasteiger partial charge in [-0.3, -0.25) is 4.79 Å². The smallest absolute Gasteiger partial charge is 0.416 e. The maximum absolute atomic E-state index is 12.8. The number of para-hydroxylation sites is 1. The highest BCUT2D eigenvalue weighted by Crippen LogP contribution is 2.31. The molecule has 3 aromatic rings. The Labute approximate surface area is 171 Å². The van der Waals surface area contributed by atoms with Gasteiger partial charge < -0.3 is 14.6 Å². The van der Waals surface area contributed by atoms with Crippen LogP contribution in [0.15, 0.2) is 54.7 Å². The Kier molecular flexibility index (Phi) is 5.48. The van der Waals surface area contributed by atoms with E-state index in [-0.39, 0.29) is 5.75 Å². The van der Waals surface area contributed by atoms with Crippen LogP contribution < -0.4 is 10.1 Å². The molecule has 1 aliphatic rings. The Morgan fingerprint density at radius 1 is 1.13 bits per heavy atom. The maximum Gasteiger partial charge on any atom is 0.416 e. The second kappa shape index (κ2) is 8.22. The first kappa shape index (κ1) is 20.0. The van der Waals surface area contributed by atoms with Crippen molar-refractivity contribution in [2.24, 2.45) is 0 Å². The summed E-state index contributed by atoms with van der Waals surface area (Å²) in [5.74, 6) is 0.545. The molecule has 0 spiro atoms. The van der Waals surface area contributed by atoms with Crippen LogP contribution in [-0.4, -0.2) is 22.1 Å². The quantitative estimate of drug-likeness (QED) is 0.643. The number of carbonyl (C=O) groups excluding carboxylic acids is 1. The van der Waals surface area contributed by atoms with E-state index in [2.05, 4.69) is 14.9 Å². The lowest BCUT2D eigenvalue weighted by molar-refractivity contribution is -0.137. The number of imidazole rings is 1. The highest BCUT2D eigenvalue weighted by Gasteiger charge is 2.30. The van der Waals surface area contributed by atoms with Crippen LogP contribution in [0.1, 0.15) is 24.2 Å². The number of fused-ring (bicyclic) bond motifs is 1. The number of rotatable bonds is 5. The summed E-state index contributed by atoms with van der Waals surface area (Å²) >= 11 is 0. The number of halogens is 3. The topological polar surface area (TPSA) is 56.1 Å². The summed E-state index contributed by atoms with van der Waals surface area (Å²) in [5, 5.41) is 2.77. The highest BCUT2D eigenvalue weighted by molar-refractivity contribution is 5.95. The van der Waals surface area contributed by atoms with Gasteiger partial charge in [-0.2, -0.15) is 13.2 Å². The summed E-state index contributed by atoms with van der Waals surface area (Å²) in [6, 6.07) is 11.7. The van der Waals surface area contributed by atoms with Crippen molar-refractivity contribution < 1.29 is 22.7 Å². The predicted molar refractivity (Wildman–Crippen MR) is 106 cm³/mol. The molecule has 1 N–H and O–H groups in total. The van der Waals surface area contributed by atoms with E-state index in [0.717, 1.165) is 55.0 Å². The molecule has 0 fully saturated rings. The van der Waals surface area contributed by atoms with Crippen LogP contribution in [0.5, 0.6) is 5.75 Å². The molecule has 0 radical (unpaired) electrons. The van der Waals surface area contributed by atoms with E-state index in [1.54, 1.807) is 12.1 Å². The van der Waals surface area contributed by atoms with Gasteiger partial charge in [-0.1, -0.05) is 24.3 Å². The number of nitrogens with one attached hydrogen (secondary N) is 1. The summed E-state index contributed by atoms with van der Waals surface area (Å²) in [6.45, 7) is 0.525. The number of alkyl halides is 3. The fraction of sp³-hybridized carbons (Fsp3) is 0.273. The molecule has 2 heterocycles. The van der Waals surface area contributed by atoms with Crippen molar-refractivity contribution in [1.82, 2.24) is 9.55 Å². The minimum absolute atomic E-state index is 0.0185. The van der Waals surface area contributed by atoms with Gasteiger partial charge in [-0.15, -0.1) is 0 Å². The molecule has 30 heavy (non-hydrogen) atoms. The van der Waals surface area contributed by atoms with E-state index in [4.69, 9.17) is 4.74 Å². The van der Waals surface area contributed by atoms with Gasteiger partial charge in [0.2, 0.25) is 0 Å². The van der Waals surface area contributed by atoms with Gasteiger partial charge in [0.15, 0.2) is 6.61 Å². The van der Waals surface area contributed by atoms with Crippen LogP contribution in [0, 0.1) is 0 Å². The van der Waals surface area contributed by atoms with Gasteiger partial charge in [0, 0.05) is 24.7 Å². The van der Waals surface area contributed by atoms with Crippen LogP contribution in [-0.2, 0) is 23.9 Å². The van der Waals surface area contributed by atoms with Gasteiger partial charge in [0.25, 0.3) is 5.91 Å². The number of aromatic nitrogens is 2. The van der Waals surface area contributed by atoms with Crippen molar-refractivity contribution in [2.45, 2.75) is 32.0 Å². The molecule has 0 aliphatic carbocycles. The first-order valence-electron chi connectivity index (χ1n) is 9.65. The molecule has 4 rings (SSSR count). The normalized spacial score (nSPS) is 13.6. The zero-order valence-corrected chi connectivity index (χ0v) is 16.1. The molecular weight excluding hydrogens is 395 g/mol. The largest absolute Gasteiger partial charge is 0.484 e. The van der Waals surface area contributed by atoms with Gasteiger partial charge >= 0.3 is 6.18 Å². The van der Waals surface area contributed by atoms with Gasteiger partial charge in [0.05, 0.1) is 16.9 Å². The minimum atomic E-state index is -4.47. The predicted octanol–water partition coefficient (Wildman–Crippen LogP) is 4.92. The Morgan fingerprint density at radius 3 is 2.77 bits per heavy atom. The summed E-state index contributed by atoms with van der Waals surface area (Å²) < 4.78 is 45.8. The van der Waals surface area contributed by atoms with Crippen molar-refractivity contribution in [2.75, 3.05) is 11.9 Å². The van der Waals surface area contributed by atoms with E-state index >= 15 is 0 Å². The molecule has 0 bridgehead atoms. The monoisotopic (exact) mass is 415 g/mol. The lowest BCUT2D eigenvalue weighted by Crippen LogP contribution is -2.20. The number of hydrogen-bond acceptors (Lipinski definition) is 3. The molecule has 1 aliphatic heterocycles. The summed E-state index contributed by atoms with van der Waals surface area (Å²) in [6.07, 6.45) is 0.679. The average Bonchev–Trinajstić information content (AvgIpc) is 3.16. The van der Waals surface area contributed by atoms with Crippen LogP contribution >= 0.6 is 0 Å². The first-order chi connectivity index (χ1) is 14.4. The van der Waals surface area contributed by atoms with Gasteiger partial charge in [0.1, 0.15) is 11.6 Å². The van der Waals surface area contributed by atoms with Crippen molar-refractivity contribution in [3.63, 3.8) is 0 Å².